The Kier molecular flexibility index (Phi) is 5.66. The Labute approximate surface area is 128 Å². The zero-order chi connectivity index (χ0) is 15.9. The van der Waals surface area contributed by atoms with Crippen LogP contribution in [0.4, 0.5) is 4.39 Å². The largest absolute Gasteiger partial charge is 0.396 e. The first-order valence-corrected chi connectivity index (χ1v) is 7.16. The van der Waals surface area contributed by atoms with Crippen molar-refractivity contribution in [3.8, 4) is 0 Å². The Balaban J connectivity index is 1.70. The fourth-order valence-corrected chi connectivity index (χ4v) is 2.35. The van der Waals surface area contributed by atoms with Crippen molar-refractivity contribution in [1.29, 1.82) is 0 Å². The fourth-order valence-electron chi connectivity index (χ4n) is 2.35. The molecule has 1 aliphatic rings. The Morgan fingerprint density at radius 2 is 2.09 bits per heavy atom. The molecule has 118 valence electrons. The van der Waals surface area contributed by atoms with Gasteiger partial charge < -0.3 is 15.7 Å². The molecule has 0 saturated carbocycles. The Morgan fingerprint density at radius 3 is 2.77 bits per heavy atom. The topological polar surface area (TPSA) is 78.4 Å². The van der Waals surface area contributed by atoms with Crippen molar-refractivity contribution < 1.29 is 19.1 Å². The summed E-state index contributed by atoms with van der Waals surface area (Å²) in [5, 5.41) is 14.3. The number of halogens is 1. The molecule has 0 unspecified atom stereocenters. The van der Waals surface area contributed by atoms with E-state index in [1.165, 1.54) is 18.2 Å². The first kappa shape index (κ1) is 16.2. The number of hydrogen-bond donors (Lipinski definition) is 3. The third-order valence-electron chi connectivity index (χ3n) is 3.45. The van der Waals surface area contributed by atoms with E-state index in [4.69, 9.17) is 5.11 Å². The molecule has 2 amide bonds. The second-order valence-corrected chi connectivity index (χ2v) is 5.32. The van der Waals surface area contributed by atoms with Gasteiger partial charge in [-0.15, -0.1) is 0 Å². The van der Waals surface area contributed by atoms with Gasteiger partial charge in [-0.3, -0.25) is 9.59 Å². The van der Waals surface area contributed by atoms with Crippen LogP contribution >= 0.6 is 0 Å². The van der Waals surface area contributed by atoms with Gasteiger partial charge in [0.25, 0.3) is 0 Å². The minimum Gasteiger partial charge on any atom is -0.396 e. The van der Waals surface area contributed by atoms with E-state index in [9.17, 15) is 14.0 Å². The monoisotopic (exact) mass is 306 g/mol. The van der Waals surface area contributed by atoms with Crippen LogP contribution < -0.4 is 10.6 Å². The van der Waals surface area contributed by atoms with Gasteiger partial charge in [0.1, 0.15) is 5.82 Å². The minimum absolute atomic E-state index is 0.0287. The molecule has 0 radical (unpaired) electrons. The van der Waals surface area contributed by atoms with Crippen LogP contribution in [0.25, 0.3) is 0 Å². The van der Waals surface area contributed by atoms with Crippen LogP contribution in [0, 0.1) is 11.7 Å². The Bertz CT molecular complexity index is 574. The minimum atomic E-state index is -0.394. The Morgan fingerprint density at radius 1 is 1.27 bits per heavy atom. The Hall–Kier alpha value is -2.21. The van der Waals surface area contributed by atoms with E-state index in [2.05, 4.69) is 10.6 Å². The van der Waals surface area contributed by atoms with Gasteiger partial charge in [0.15, 0.2) is 0 Å². The predicted molar refractivity (Wildman–Crippen MR) is 79.4 cm³/mol. The molecule has 0 saturated heterocycles. The lowest BCUT2D eigenvalue weighted by Crippen LogP contribution is -2.41. The third-order valence-corrected chi connectivity index (χ3v) is 3.45. The van der Waals surface area contributed by atoms with Crippen molar-refractivity contribution in [2.24, 2.45) is 5.92 Å². The second kappa shape index (κ2) is 7.70. The molecule has 3 N–H and O–H groups in total. The van der Waals surface area contributed by atoms with Gasteiger partial charge >= 0.3 is 0 Å². The van der Waals surface area contributed by atoms with Crippen molar-refractivity contribution in [2.45, 2.75) is 18.9 Å². The van der Waals surface area contributed by atoms with Gasteiger partial charge in [-0.05, 0) is 24.1 Å². The van der Waals surface area contributed by atoms with Gasteiger partial charge in [-0.1, -0.05) is 24.3 Å². The van der Waals surface area contributed by atoms with Crippen LogP contribution in [0.1, 0.15) is 12.0 Å². The smallest absolute Gasteiger partial charge is 0.239 e. The van der Waals surface area contributed by atoms with Crippen LogP contribution in [0.2, 0.25) is 0 Å². The van der Waals surface area contributed by atoms with E-state index in [-0.39, 0.29) is 43.3 Å². The quantitative estimate of drug-likeness (QED) is 0.671. The average molecular weight is 306 g/mol. The fraction of sp³-hybridized carbons (Fsp3) is 0.375. The summed E-state index contributed by atoms with van der Waals surface area (Å²) in [4.78, 5) is 23.4. The van der Waals surface area contributed by atoms with Crippen LogP contribution in [-0.4, -0.2) is 36.1 Å². The number of rotatable bonds is 6. The summed E-state index contributed by atoms with van der Waals surface area (Å²) in [6, 6.07) is 5.68. The summed E-state index contributed by atoms with van der Waals surface area (Å²) in [6.07, 6.45) is 4.40. The zero-order valence-corrected chi connectivity index (χ0v) is 12.1. The van der Waals surface area contributed by atoms with Crippen LogP contribution in [0.15, 0.2) is 36.4 Å². The molecule has 1 aromatic rings. The van der Waals surface area contributed by atoms with Crippen LogP contribution in [0.3, 0.4) is 0 Å². The van der Waals surface area contributed by atoms with Gasteiger partial charge in [-0.25, -0.2) is 4.39 Å². The van der Waals surface area contributed by atoms with E-state index in [0.717, 1.165) is 0 Å². The van der Waals surface area contributed by atoms with Crippen LogP contribution in [-0.2, 0) is 16.0 Å². The number of aliphatic hydroxyl groups excluding tert-OH is 1. The lowest BCUT2D eigenvalue weighted by molar-refractivity contribution is -0.126. The van der Waals surface area contributed by atoms with Gasteiger partial charge in [-0.2, -0.15) is 0 Å². The molecule has 1 aromatic carbocycles. The predicted octanol–water partition coefficient (Wildman–Crippen LogP) is 0.538. The average Bonchev–Trinajstić information content (AvgIpc) is 2.93. The molecule has 2 atom stereocenters. The number of carbonyl (C=O) groups is 2. The van der Waals surface area contributed by atoms with E-state index in [0.29, 0.717) is 12.0 Å². The van der Waals surface area contributed by atoms with Crippen molar-refractivity contribution in [3.63, 3.8) is 0 Å². The molecule has 6 heteroatoms. The maximum absolute atomic E-state index is 13.0. The summed E-state index contributed by atoms with van der Waals surface area (Å²) >= 11 is 0. The van der Waals surface area contributed by atoms with Crippen molar-refractivity contribution in [1.82, 2.24) is 10.6 Å². The summed E-state index contributed by atoms with van der Waals surface area (Å²) in [5.41, 5.74) is 0.558. The van der Waals surface area contributed by atoms with Crippen LogP contribution in [0.5, 0.6) is 0 Å². The molecule has 0 fully saturated rings. The molecule has 0 heterocycles. The summed E-state index contributed by atoms with van der Waals surface area (Å²) in [7, 11) is 0. The van der Waals surface area contributed by atoms with E-state index < -0.39 is 5.82 Å². The molecular formula is C16H19FN2O3. The molecular weight excluding hydrogens is 287 g/mol. The van der Waals surface area contributed by atoms with Crippen molar-refractivity contribution in [3.05, 3.63) is 47.8 Å². The normalized spacial score (nSPS) is 19.9. The third kappa shape index (κ3) is 4.96. The SMILES string of the molecule is O=C(Cc1cccc(F)c1)NCC(=O)N[C@@H]1C=C[C@H](CO)C1. The van der Waals surface area contributed by atoms with E-state index >= 15 is 0 Å². The highest BCUT2D eigenvalue weighted by Crippen LogP contribution is 2.16. The number of hydrogen-bond acceptors (Lipinski definition) is 3. The molecule has 2 rings (SSSR count). The van der Waals surface area contributed by atoms with E-state index in [1.807, 2.05) is 12.2 Å². The molecule has 1 aliphatic carbocycles. The first-order valence-electron chi connectivity index (χ1n) is 7.16. The van der Waals surface area contributed by atoms with Crippen molar-refractivity contribution >= 4 is 11.8 Å². The highest BCUT2D eigenvalue weighted by atomic mass is 19.1. The number of amides is 2. The highest BCUT2D eigenvalue weighted by molar-refractivity contribution is 5.85. The lowest BCUT2D eigenvalue weighted by Gasteiger charge is -2.13. The molecule has 0 aromatic heterocycles. The summed E-state index contributed by atoms with van der Waals surface area (Å²) in [6.45, 7) is -0.0600. The number of carbonyl (C=O) groups excluding carboxylic acids is 2. The first-order chi connectivity index (χ1) is 10.6. The number of benzene rings is 1. The lowest BCUT2D eigenvalue weighted by atomic mass is 10.1. The summed E-state index contributed by atoms with van der Waals surface area (Å²) in [5.74, 6) is -0.945. The molecule has 0 bridgehead atoms. The molecule has 0 aliphatic heterocycles. The molecule has 0 spiro atoms. The van der Waals surface area contributed by atoms with Gasteiger partial charge in [0, 0.05) is 18.6 Å². The molecule has 5 nitrogen and oxygen atoms in total. The number of nitrogens with one attached hydrogen (secondary N) is 2. The maximum Gasteiger partial charge on any atom is 0.239 e. The van der Waals surface area contributed by atoms with Gasteiger partial charge in [0.05, 0.1) is 13.0 Å². The summed E-state index contributed by atoms with van der Waals surface area (Å²) < 4.78 is 13.0. The highest BCUT2D eigenvalue weighted by Gasteiger charge is 2.19. The van der Waals surface area contributed by atoms with Crippen molar-refractivity contribution in [2.75, 3.05) is 13.2 Å². The maximum atomic E-state index is 13.0. The van der Waals surface area contributed by atoms with E-state index in [1.54, 1.807) is 6.07 Å². The van der Waals surface area contributed by atoms with Gasteiger partial charge in [0.2, 0.25) is 11.8 Å². The second-order valence-electron chi connectivity index (χ2n) is 5.32. The standard InChI is InChI=1S/C16H19FN2O3/c17-13-3-1-2-11(6-13)8-15(21)18-9-16(22)19-14-5-4-12(7-14)10-20/h1-6,12,14,20H,7-10H2,(H,18,21)(H,19,22)/t12-,14+/m0/s1. The molecule has 22 heavy (non-hydrogen) atoms. The number of aliphatic hydroxyl groups is 1. The zero-order valence-electron chi connectivity index (χ0n) is 12.1.